The van der Waals surface area contributed by atoms with Crippen molar-refractivity contribution in [2.75, 3.05) is 11.3 Å². The normalized spacial score (nSPS) is 12.2. The van der Waals surface area contributed by atoms with Crippen LogP contribution in [0.5, 0.6) is 5.88 Å². The molecule has 0 fully saturated rings. The number of nitrogens with zero attached hydrogens (tertiary/aromatic N) is 3. The molecule has 2 N–H and O–H groups in total. The highest BCUT2D eigenvalue weighted by atomic mass is 32.2. The molecule has 0 spiro atoms. The maximum atomic E-state index is 11.3. The van der Waals surface area contributed by atoms with E-state index in [0.717, 1.165) is 56.6 Å². The molecule has 0 saturated carbocycles. The van der Waals surface area contributed by atoms with Crippen molar-refractivity contribution in [3.8, 4) is 17.1 Å². The van der Waals surface area contributed by atoms with Crippen LogP contribution in [0.25, 0.3) is 22.2 Å². The molecule has 2 heterocycles. The fraction of sp³-hybridized carbons (Fsp3) is 0.278. The first kappa shape index (κ1) is 31.2. The molecular formula is C36H39N5O2S. The van der Waals surface area contributed by atoms with Gasteiger partial charge in [0, 0.05) is 40.1 Å². The largest absolute Gasteiger partial charge is 0.476 e. The molecule has 0 aliphatic rings. The Labute approximate surface area is 264 Å². The number of para-hydroxylation sites is 1. The van der Waals surface area contributed by atoms with Gasteiger partial charge in [0.2, 0.25) is 11.8 Å². The van der Waals surface area contributed by atoms with Crippen LogP contribution in [0.1, 0.15) is 54.4 Å². The second-order valence-electron chi connectivity index (χ2n) is 12.2. The topological polar surface area (TPSA) is 89.0 Å². The molecule has 44 heavy (non-hydrogen) atoms. The molecule has 2 aromatic heterocycles. The van der Waals surface area contributed by atoms with Gasteiger partial charge in [-0.05, 0) is 73.0 Å². The Bertz CT molecular complexity index is 1730. The number of pyridine rings is 1. The summed E-state index contributed by atoms with van der Waals surface area (Å²) in [5.74, 6) is 0.925. The van der Waals surface area contributed by atoms with Crippen LogP contribution in [-0.2, 0) is 6.54 Å². The highest BCUT2D eigenvalue weighted by molar-refractivity contribution is 8.00. The molecule has 5 aromatic rings. The summed E-state index contributed by atoms with van der Waals surface area (Å²) < 4.78 is 9.68. The van der Waals surface area contributed by atoms with Crippen LogP contribution in [0.2, 0.25) is 0 Å². The Hall–Kier alpha value is -4.27. The maximum Gasteiger partial charge on any atom is 0.237 e. The number of rotatable bonds is 12. The van der Waals surface area contributed by atoms with Crippen molar-refractivity contribution in [1.29, 1.82) is 0 Å². The Morgan fingerprint density at radius 2 is 1.66 bits per heavy atom. The van der Waals surface area contributed by atoms with Gasteiger partial charge in [-0.1, -0.05) is 75.4 Å². The summed E-state index contributed by atoms with van der Waals surface area (Å²) in [4.78, 5) is 26.6. The minimum atomic E-state index is 0.0683. The van der Waals surface area contributed by atoms with Crippen molar-refractivity contribution in [2.24, 2.45) is 5.41 Å². The van der Waals surface area contributed by atoms with Crippen molar-refractivity contribution in [2.45, 2.75) is 58.5 Å². The lowest BCUT2D eigenvalue weighted by Gasteiger charge is -2.27. The smallest absolute Gasteiger partial charge is 0.237 e. The predicted octanol–water partition coefficient (Wildman–Crippen LogP) is 8.21. The quantitative estimate of drug-likeness (QED) is 0.109. The Kier molecular flexibility index (Phi) is 9.92. The van der Waals surface area contributed by atoms with Crippen molar-refractivity contribution in [1.82, 2.24) is 20.3 Å². The minimum Gasteiger partial charge on any atom is -0.476 e. The number of benzene rings is 3. The molecule has 1 unspecified atom stereocenters. The second kappa shape index (κ2) is 14.0. The zero-order chi connectivity index (χ0) is 31.1. The van der Waals surface area contributed by atoms with Gasteiger partial charge in [-0.15, -0.1) is 0 Å². The van der Waals surface area contributed by atoms with E-state index in [-0.39, 0.29) is 11.5 Å². The summed E-state index contributed by atoms with van der Waals surface area (Å²) in [6, 6.07) is 27.9. The lowest BCUT2D eigenvalue weighted by Crippen LogP contribution is -2.37. The Balaban J connectivity index is 1.37. The van der Waals surface area contributed by atoms with Gasteiger partial charge in [0.05, 0.1) is 16.9 Å². The molecule has 7 nitrogen and oxygen atoms in total. The number of hydrogen-bond acceptors (Lipinski definition) is 8. The molecule has 226 valence electrons. The zero-order valence-corrected chi connectivity index (χ0v) is 26.7. The van der Waals surface area contributed by atoms with E-state index < -0.39 is 0 Å². The first-order valence-corrected chi connectivity index (χ1v) is 15.6. The molecule has 3 aromatic carbocycles. The van der Waals surface area contributed by atoms with E-state index in [2.05, 4.69) is 81.1 Å². The molecule has 0 aliphatic heterocycles. The Morgan fingerprint density at radius 1 is 0.886 bits per heavy atom. The van der Waals surface area contributed by atoms with Gasteiger partial charge in [0.1, 0.15) is 12.9 Å². The van der Waals surface area contributed by atoms with E-state index in [1.807, 2.05) is 42.5 Å². The average Bonchev–Trinajstić information content (AvgIpc) is 3.00. The number of fused-ring (bicyclic) bond motifs is 1. The van der Waals surface area contributed by atoms with Crippen molar-refractivity contribution >= 4 is 35.1 Å². The van der Waals surface area contributed by atoms with Crippen LogP contribution in [0, 0.1) is 19.3 Å². The maximum absolute atomic E-state index is 11.3. The standard InChI is InChI=1S/C36H39N5O2S/c1-24-10-8-11-25(2)34(24)32-19-33(40-35(39-32)41-44-30-14-9-12-26(18-30)22-42)43-23-29(20-36(3,4)5)37-21-28-17-16-27-13-6-7-15-31(27)38-28/h6-19,22,29,37H,20-21,23H2,1-5H3,(H,39,40,41). The molecule has 0 saturated heterocycles. The molecule has 1 atom stereocenters. The van der Waals surface area contributed by atoms with E-state index in [1.165, 1.54) is 11.9 Å². The van der Waals surface area contributed by atoms with Crippen molar-refractivity contribution in [3.05, 3.63) is 107 Å². The number of anilines is 1. The summed E-state index contributed by atoms with van der Waals surface area (Å²) in [5, 5.41) is 4.82. The molecule has 5 rings (SSSR count). The fourth-order valence-corrected chi connectivity index (χ4v) is 5.86. The highest BCUT2D eigenvalue weighted by Crippen LogP contribution is 2.30. The number of aromatic nitrogens is 3. The third-order valence-corrected chi connectivity index (χ3v) is 7.99. The molecule has 0 amide bonds. The van der Waals surface area contributed by atoms with Gasteiger partial charge in [0.25, 0.3) is 0 Å². The van der Waals surface area contributed by atoms with E-state index in [4.69, 9.17) is 19.7 Å². The second-order valence-corrected chi connectivity index (χ2v) is 13.1. The van der Waals surface area contributed by atoms with E-state index >= 15 is 0 Å². The number of carbonyl (C=O) groups excluding carboxylic acids is 1. The SMILES string of the molecule is Cc1cccc(C)c1-c1cc(OCC(CC(C)(C)C)NCc2ccc3ccccc3n2)nc(NSc2cccc(C=O)c2)n1. The summed E-state index contributed by atoms with van der Waals surface area (Å²) in [6.07, 6.45) is 1.75. The fourth-order valence-electron chi connectivity index (χ4n) is 5.22. The van der Waals surface area contributed by atoms with Gasteiger partial charge in [-0.25, -0.2) is 4.98 Å². The minimum absolute atomic E-state index is 0.0683. The Morgan fingerprint density at radius 3 is 2.43 bits per heavy atom. The van der Waals surface area contributed by atoms with Crippen LogP contribution in [-0.4, -0.2) is 33.9 Å². The lowest BCUT2D eigenvalue weighted by molar-refractivity contribution is 0.112. The van der Waals surface area contributed by atoms with Gasteiger partial charge < -0.3 is 10.1 Å². The van der Waals surface area contributed by atoms with E-state index in [0.29, 0.717) is 30.5 Å². The van der Waals surface area contributed by atoms with Crippen molar-refractivity contribution in [3.63, 3.8) is 0 Å². The summed E-state index contributed by atoms with van der Waals surface area (Å²) in [7, 11) is 0. The molecule has 0 aliphatic carbocycles. The first-order valence-electron chi connectivity index (χ1n) is 14.8. The van der Waals surface area contributed by atoms with Gasteiger partial charge in [-0.2, -0.15) is 4.98 Å². The van der Waals surface area contributed by atoms with Crippen LogP contribution in [0.3, 0.4) is 0 Å². The third kappa shape index (κ3) is 8.42. The highest BCUT2D eigenvalue weighted by Gasteiger charge is 2.21. The van der Waals surface area contributed by atoms with E-state index in [9.17, 15) is 4.79 Å². The molecular weight excluding hydrogens is 566 g/mol. The summed E-state index contributed by atoms with van der Waals surface area (Å²) >= 11 is 1.35. The van der Waals surface area contributed by atoms with Gasteiger partial charge >= 0.3 is 0 Å². The molecule has 8 heteroatoms. The lowest BCUT2D eigenvalue weighted by atomic mass is 9.88. The number of ether oxygens (including phenoxy) is 1. The van der Waals surface area contributed by atoms with Crippen LogP contribution >= 0.6 is 11.9 Å². The first-order chi connectivity index (χ1) is 21.2. The average molecular weight is 606 g/mol. The van der Waals surface area contributed by atoms with Crippen molar-refractivity contribution < 1.29 is 9.53 Å². The number of carbonyl (C=O) groups is 1. The van der Waals surface area contributed by atoms with Crippen LogP contribution in [0.15, 0.2) is 89.8 Å². The summed E-state index contributed by atoms with van der Waals surface area (Å²) in [5.41, 5.74) is 6.78. The van der Waals surface area contributed by atoms with Crippen LogP contribution < -0.4 is 14.8 Å². The van der Waals surface area contributed by atoms with Gasteiger partial charge in [0.15, 0.2) is 0 Å². The number of aryl methyl sites for hydroxylation is 2. The van der Waals surface area contributed by atoms with Crippen LogP contribution in [0.4, 0.5) is 5.95 Å². The predicted molar refractivity (Wildman–Crippen MR) is 180 cm³/mol. The number of hydrogen-bond donors (Lipinski definition) is 2. The number of aldehydes is 1. The van der Waals surface area contributed by atoms with E-state index in [1.54, 1.807) is 6.07 Å². The van der Waals surface area contributed by atoms with Gasteiger partial charge in [-0.3, -0.25) is 14.5 Å². The molecule has 0 bridgehead atoms. The monoisotopic (exact) mass is 605 g/mol. The number of nitrogens with one attached hydrogen (secondary N) is 2. The third-order valence-electron chi connectivity index (χ3n) is 7.21. The summed E-state index contributed by atoms with van der Waals surface area (Å²) in [6.45, 7) is 11.9. The molecule has 0 radical (unpaired) electrons. The zero-order valence-electron chi connectivity index (χ0n) is 25.9.